The third-order valence-corrected chi connectivity index (χ3v) is 6.29. The van der Waals surface area contributed by atoms with Crippen molar-refractivity contribution in [2.45, 2.75) is 115 Å². The van der Waals surface area contributed by atoms with Crippen LogP contribution in [0.15, 0.2) is 24.4 Å². The molecule has 2 unspecified atom stereocenters. The molecule has 1 fully saturated rings. The molecule has 2 aliphatic rings. The molecule has 2 nitrogen and oxygen atoms in total. The lowest BCUT2D eigenvalue weighted by atomic mass is 9.80. The molecule has 0 aromatic rings. The summed E-state index contributed by atoms with van der Waals surface area (Å²) in [5, 5.41) is 3.60. The number of hydrogen-bond acceptors (Lipinski definition) is 2. The number of allylic oxidation sites excluding steroid dienone is 2. The second-order valence-corrected chi connectivity index (χ2v) is 8.95. The summed E-state index contributed by atoms with van der Waals surface area (Å²) >= 11 is 0. The van der Waals surface area contributed by atoms with Gasteiger partial charge >= 0.3 is 0 Å². The van der Waals surface area contributed by atoms with Gasteiger partial charge in [0.2, 0.25) is 0 Å². The van der Waals surface area contributed by atoms with Crippen LogP contribution in [0, 0.1) is 5.92 Å². The molecule has 0 spiro atoms. The van der Waals surface area contributed by atoms with Gasteiger partial charge in [-0.15, -0.1) is 0 Å². The maximum atomic E-state index is 5.80. The molecule has 0 radical (unpaired) electrons. The molecule has 1 N–H and O–H groups in total. The Bertz CT molecular complexity index is 417. The monoisotopic (exact) mass is 375 g/mol. The second kappa shape index (κ2) is 14.3. The zero-order valence-electron chi connectivity index (χ0n) is 18.0. The van der Waals surface area contributed by atoms with E-state index >= 15 is 0 Å². The van der Waals surface area contributed by atoms with Gasteiger partial charge in [0, 0.05) is 5.92 Å². The zero-order chi connectivity index (χ0) is 19.0. The van der Waals surface area contributed by atoms with Crippen molar-refractivity contribution in [2.24, 2.45) is 5.92 Å². The Hall–Kier alpha value is -0.760. The fourth-order valence-corrected chi connectivity index (χ4v) is 4.57. The maximum absolute atomic E-state index is 5.80. The van der Waals surface area contributed by atoms with E-state index in [4.69, 9.17) is 4.74 Å². The van der Waals surface area contributed by atoms with Crippen LogP contribution < -0.4 is 5.32 Å². The van der Waals surface area contributed by atoms with Crippen molar-refractivity contribution >= 4 is 0 Å². The first-order chi connectivity index (χ1) is 13.3. The quantitative estimate of drug-likeness (QED) is 0.225. The first-order valence-electron chi connectivity index (χ1n) is 12.0. The number of nitrogens with one attached hydrogen (secondary N) is 1. The van der Waals surface area contributed by atoms with E-state index in [1.807, 2.05) is 0 Å². The van der Waals surface area contributed by atoms with Gasteiger partial charge in [-0.3, -0.25) is 0 Å². The summed E-state index contributed by atoms with van der Waals surface area (Å²) in [7, 11) is 0. The minimum absolute atomic E-state index is 0.248. The molecule has 1 saturated heterocycles. The van der Waals surface area contributed by atoms with E-state index in [9.17, 15) is 0 Å². The van der Waals surface area contributed by atoms with Crippen LogP contribution >= 0.6 is 0 Å². The van der Waals surface area contributed by atoms with E-state index in [1.165, 1.54) is 103 Å². The first-order valence-corrected chi connectivity index (χ1v) is 12.0. The number of ether oxygens (including phenoxy) is 1. The summed E-state index contributed by atoms with van der Waals surface area (Å²) in [6.07, 6.45) is 31.2. The summed E-state index contributed by atoms with van der Waals surface area (Å²) in [5.41, 5.74) is 0.248. The van der Waals surface area contributed by atoms with Crippen molar-refractivity contribution in [1.82, 2.24) is 5.32 Å². The number of hydrogen-bond donors (Lipinski definition) is 1. The molecule has 0 aliphatic carbocycles. The normalized spacial score (nSPS) is 24.4. The molecule has 0 aromatic heterocycles. The topological polar surface area (TPSA) is 21.3 Å². The first kappa shape index (κ1) is 22.5. The summed E-state index contributed by atoms with van der Waals surface area (Å²) < 4.78 is 5.80. The smallest absolute Gasteiger partial charge is 0.0696 e. The molecule has 2 heteroatoms. The molecule has 2 atom stereocenters. The van der Waals surface area contributed by atoms with Crippen LogP contribution in [-0.4, -0.2) is 18.8 Å². The molecular formula is C25H45NO. The van der Waals surface area contributed by atoms with Crippen molar-refractivity contribution in [3.63, 3.8) is 0 Å². The van der Waals surface area contributed by atoms with Gasteiger partial charge in [0.15, 0.2) is 0 Å². The molecule has 2 aliphatic heterocycles. The minimum Gasteiger partial charge on any atom is -0.383 e. The zero-order valence-corrected chi connectivity index (χ0v) is 18.0. The lowest BCUT2D eigenvalue weighted by molar-refractivity contribution is -0.00764. The fraction of sp³-hybridized carbons (Fsp3) is 0.840. The molecule has 2 bridgehead atoms. The van der Waals surface area contributed by atoms with Crippen LogP contribution in [-0.2, 0) is 4.74 Å². The number of rotatable bonds is 16. The molecule has 156 valence electrons. The molecule has 0 aromatic carbocycles. The van der Waals surface area contributed by atoms with Crippen molar-refractivity contribution in [3.05, 3.63) is 24.4 Å². The Morgan fingerprint density at radius 2 is 1.52 bits per heavy atom. The summed E-state index contributed by atoms with van der Waals surface area (Å²) in [5.74, 6) is 0.647. The van der Waals surface area contributed by atoms with Gasteiger partial charge < -0.3 is 10.1 Å². The van der Waals surface area contributed by atoms with Crippen molar-refractivity contribution in [2.75, 3.05) is 13.2 Å². The fourth-order valence-electron chi connectivity index (χ4n) is 4.57. The van der Waals surface area contributed by atoms with Crippen LogP contribution in [0.3, 0.4) is 0 Å². The number of unbranched alkanes of at least 4 members (excludes halogenated alkanes) is 12. The van der Waals surface area contributed by atoms with Gasteiger partial charge in [-0.1, -0.05) is 89.4 Å². The van der Waals surface area contributed by atoms with Gasteiger partial charge in [0.25, 0.3) is 0 Å². The molecule has 2 rings (SSSR count). The Balaban J connectivity index is 1.34. The Morgan fingerprint density at radius 1 is 0.889 bits per heavy atom. The summed E-state index contributed by atoms with van der Waals surface area (Å²) in [6, 6.07) is 0. The van der Waals surface area contributed by atoms with Gasteiger partial charge in [-0.05, 0) is 44.7 Å². The lowest BCUT2D eigenvalue weighted by Crippen LogP contribution is -2.53. The maximum Gasteiger partial charge on any atom is 0.0696 e. The highest BCUT2D eigenvalue weighted by Crippen LogP contribution is 2.32. The van der Waals surface area contributed by atoms with Crippen molar-refractivity contribution in [3.8, 4) is 0 Å². The molecule has 27 heavy (non-hydrogen) atoms. The lowest BCUT2D eigenvalue weighted by Gasteiger charge is -2.43. The van der Waals surface area contributed by atoms with Crippen LogP contribution in [0.5, 0.6) is 0 Å². The van der Waals surface area contributed by atoms with Crippen LogP contribution in [0.4, 0.5) is 0 Å². The number of fused-ring (bicyclic) bond motifs is 2. The third-order valence-electron chi connectivity index (χ3n) is 6.29. The van der Waals surface area contributed by atoms with E-state index in [0.29, 0.717) is 5.92 Å². The van der Waals surface area contributed by atoms with E-state index < -0.39 is 0 Å². The van der Waals surface area contributed by atoms with Gasteiger partial charge in [-0.25, -0.2) is 0 Å². The van der Waals surface area contributed by atoms with Crippen LogP contribution in [0.25, 0.3) is 0 Å². The standard InChI is InChI=1S/C25H45NO/c1-2-3-4-5-6-7-8-9-10-11-12-13-14-15-16-17-19-25-21-24(18-20-26-25)22-27-23-25/h9-10,18,20,24,26H,2-8,11-17,19,21-23H2,1H3/b10-9-. The second-order valence-electron chi connectivity index (χ2n) is 8.95. The van der Waals surface area contributed by atoms with Gasteiger partial charge in [-0.2, -0.15) is 0 Å². The van der Waals surface area contributed by atoms with Crippen molar-refractivity contribution < 1.29 is 4.74 Å². The average Bonchev–Trinajstić information content (AvgIpc) is 2.68. The van der Waals surface area contributed by atoms with Crippen molar-refractivity contribution in [1.29, 1.82) is 0 Å². The predicted molar refractivity (Wildman–Crippen MR) is 118 cm³/mol. The largest absolute Gasteiger partial charge is 0.383 e. The highest BCUT2D eigenvalue weighted by molar-refractivity contribution is 5.06. The summed E-state index contributed by atoms with van der Waals surface area (Å²) in [4.78, 5) is 0. The Kier molecular flexibility index (Phi) is 11.9. The van der Waals surface area contributed by atoms with E-state index in [0.717, 1.165) is 13.2 Å². The molecule has 0 amide bonds. The predicted octanol–water partition coefficient (Wildman–Crippen LogP) is 7.31. The average molecular weight is 376 g/mol. The molecule has 2 heterocycles. The minimum atomic E-state index is 0.248. The van der Waals surface area contributed by atoms with E-state index in [2.05, 4.69) is 36.7 Å². The van der Waals surface area contributed by atoms with E-state index in [-0.39, 0.29) is 5.54 Å². The molecule has 0 saturated carbocycles. The van der Waals surface area contributed by atoms with E-state index in [1.54, 1.807) is 0 Å². The van der Waals surface area contributed by atoms with Gasteiger partial charge in [0.05, 0.1) is 18.8 Å². The SMILES string of the molecule is CCCCCCCC/C=C\CCCCCCCCC12COCC(C=CN1)C2. The highest BCUT2D eigenvalue weighted by Gasteiger charge is 2.37. The van der Waals surface area contributed by atoms with Crippen LogP contribution in [0.2, 0.25) is 0 Å². The third kappa shape index (κ3) is 9.83. The molecular weight excluding hydrogens is 330 g/mol. The Labute approximate surface area is 169 Å². The van der Waals surface area contributed by atoms with Gasteiger partial charge in [0.1, 0.15) is 0 Å². The Morgan fingerprint density at radius 3 is 2.22 bits per heavy atom. The summed E-state index contributed by atoms with van der Waals surface area (Å²) in [6.45, 7) is 4.11. The highest BCUT2D eigenvalue weighted by atomic mass is 16.5. The van der Waals surface area contributed by atoms with Crippen LogP contribution in [0.1, 0.15) is 110 Å².